The molecule has 0 aliphatic carbocycles. The lowest BCUT2D eigenvalue weighted by molar-refractivity contribution is 0.0685. The van der Waals surface area contributed by atoms with Gasteiger partial charge in [0, 0.05) is 25.2 Å². The molecule has 0 amide bonds. The molecule has 0 spiro atoms. The van der Waals surface area contributed by atoms with Crippen molar-refractivity contribution in [2.75, 3.05) is 20.1 Å². The second kappa shape index (κ2) is 7.13. The summed E-state index contributed by atoms with van der Waals surface area (Å²) in [7, 11) is 2.09. The SMILES string of the molecule is CCC(C)N(C)CCNCc1cc(C(=O)O)no1. The van der Waals surface area contributed by atoms with E-state index in [4.69, 9.17) is 9.63 Å². The van der Waals surface area contributed by atoms with Gasteiger partial charge in [-0.2, -0.15) is 0 Å². The van der Waals surface area contributed by atoms with Gasteiger partial charge >= 0.3 is 5.97 Å². The Labute approximate surface area is 107 Å². The number of nitrogens with zero attached hydrogens (tertiary/aromatic N) is 2. The molecular formula is C12H21N3O3. The minimum atomic E-state index is -1.07. The van der Waals surface area contributed by atoms with Crippen molar-refractivity contribution in [1.29, 1.82) is 0 Å². The molecule has 18 heavy (non-hydrogen) atoms. The summed E-state index contributed by atoms with van der Waals surface area (Å²) in [5, 5.41) is 15.3. The normalized spacial score (nSPS) is 12.9. The third-order valence-corrected chi connectivity index (χ3v) is 3.06. The standard InChI is InChI=1S/C12H21N3O3/c1-4-9(2)15(3)6-5-13-8-10-7-11(12(16)17)14-18-10/h7,9,13H,4-6,8H2,1-3H3,(H,16,17). The highest BCUT2D eigenvalue weighted by molar-refractivity contribution is 5.85. The average Bonchev–Trinajstić information content (AvgIpc) is 2.82. The van der Waals surface area contributed by atoms with E-state index >= 15 is 0 Å². The van der Waals surface area contributed by atoms with Crippen molar-refractivity contribution < 1.29 is 14.4 Å². The number of aromatic nitrogens is 1. The molecule has 0 aromatic carbocycles. The molecule has 0 saturated heterocycles. The van der Waals surface area contributed by atoms with E-state index in [1.165, 1.54) is 6.07 Å². The quantitative estimate of drug-likeness (QED) is 0.679. The van der Waals surface area contributed by atoms with Crippen LogP contribution in [-0.4, -0.2) is 47.3 Å². The number of rotatable bonds is 8. The van der Waals surface area contributed by atoms with Crippen molar-refractivity contribution in [2.45, 2.75) is 32.9 Å². The van der Waals surface area contributed by atoms with E-state index < -0.39 is 5.97 Å². The predicted octanol–water partition coefficient (Wildman–Crippen LogP) is 1.19. The third kappa shape index (κ3) is 4.46. The Kier molecular flexibility index (Phi) is 5.80. The second-order valence-electron chi connectivity index (χ2n) is 4.40. The van der Waals surface area contributed by atoms with E-state index in [-0.39, 0.29) is 5.69 Å². The molecule has 1 aromatic heterocycles. The maximum atomic E-state index is 10.6. The van der Waals surface area contributed by atoms with E-state index in [0.29, 0.717) is 18.3 Å². The largest absolute Gasteiger partial charge is 0.476 e. The average molecular weight is 255 g/mol. The molecule has 102 valence electrons. The Bertz CT molecular complexity index is 378. The summed E-state index contributed by atoms with van der Waals surface area (Å²) in [5.41, 5.74) is -0.0523. The fourth-order valence-electron chi connectivity index (χ4n) is 1.50. The van der Waals surface area contributed by atoms with Crippen molar-refractivity contribution in [3.63, 3.8) is 0 Å². The fourth-order valence-corrected chi connectivity index (χ4v) is 1.50. The van der Waals surface area contributed by atoms with Crippen LogP contribution >= 0.6 is 0 Å². The van der Waals surface area contributed by atoms with Crippen LogP contribution in [-0.2, 0) is 6.54 Å². The monoisotopic (exact) mass is 255 g/mol. The Morgan fingerprint density at radius 1 is 1.67 bits per heavy atom. The van der Waals surface area contributed by atoms with E-state index in [1.54, 1.807) is 0 Å². The Morgan fingerprint density at radius 2 is 2.39 bits per heavy atom. The van der Waals surface area contributed by atoms with Gasteiger partial charge in [-0.25, -0.2) is 4.79 Å². The third-order valence-electron chi connectivity index (χ3n) is 3.06. The highest BCUT2D eigenvalue weighted by Gasteiger charge is 2.10. The molecule has 1 unspecified atom stereocenters. The van der Waals surface area contributed by atoms with Gasteiger partial charge in [-0.05, 0) is 20.4 Å². The van der Waals surface area contributed by atoms with Gasteiger partial charge in [0.25, 0.3) is 0 Å². The van der Waals surface area contributed by atoms with Crippen LogP contribution in [0.25, 0.3) is 0 Å². The molecule has 0 radical (unpaired) electrons. The van der Waals surface area contributed by atoms with Crippen molar-refractivity contribution in [3.8, 4) is 0 Å². The molecular weight excluding hydrogens is 234 g/mol. The Morgan fingerprint density at radius 3 is 2.94 bits per heavy atom. The predicted molar refractivity (Wildman–Crippen MR) is 67.6 cm³/mol. The lowest BCUT2D eigenvalue weighted by Crippen LogP contribution is -2.34. The molecule has 0 bridgehead atoms. The van der Waals surface area contributed by atoms with E-state index in [0.717, 1.165) is 19.5 Å². The van der Waals surface area contributed by atoms with Gasteiger partial charge in [0.05, 0.1) is 6.54 Å². The Hall–Kier alpha value is -1.40. The van der Waals surface area contributed by atoms with E-state index in [1.807, 2.05) is 0 Å². The van der Waals surface area contributed by atoms with Crippen LogP contribution in [0.3, 0.4) is 0 Å². The first kappa shape index (κ1) is 14.7. The summed E-state index contributed by atoms with van der Waals surface area (Å²) in [4.78, 5) is 12.9. The lowest BCUT2D eigenvalue weighted by atomic mass is 10.2. The topological polar surface area (TPSA) is 78.6 Å². The van der Waals surface area contributed by atoms with E-state index in [2.05, 4.69) is 36.3 Å². The van der Waals surface area contributed by atoms with Gasteiger partial charge in [-0.15, -0.1) is 0 Å². The minimum absolute atomic E-state index is 0.0523. The number of aromatic carboxylic acids is 1. The smallest absolute Gasteiger partial charge is 0.358 e. The zero-order valence-electron chi connectivity index (χ0n) is 11.1. The molecule has 6 heteroatoms. The molecule has 1 atom stereocenters. The van der Waals surface area contributed by atoms with Crippen LogP contribution in [0.1, 0.15) is 36.5 Å². The maximum Gasteiger partial charge on any atom is 0.358 e. The second-order valence-corrected chi connectivity index (χ2v) is 4.40. The van der Waals surface area contributed by atoms with Crippen LogP contribution in [0.5, 0.6) is 0 Å². The highest BCUT2D eigenvalue weighted by Crippen LogP contribution is 2.03. The summed E-state index contributed by atoms with van der Waals surface area (Å²) in [5.74, 6) is -0.528. The summed E-state index contributed by atoms with van der Waals surface area (Å²) < 4.78 is 4.89. The number of likely N-dealkylation sites (N-methyl/N-ethyl adjacent to an activating group) is 1. The minimum Gasteiger partial charge on any atom is -0.476 e. The molecule has 0 fully saturated rings. The van der Waals surface area contributed by atoms with Gasteiger partial charge in [-0.1, -0.05) is 12.1 Å². The van der Waals surface area contributed by atoms with Gasteiger partial charge < -0.3 is 19.8 Å². The van der Waals surface area contributed by atoms with Crippen molar-refractivity contribution >= 4 is 5.97 Å². The molecule has 0 aliphatic heterocycles. The molecule has 0 saturated carbocycles. The molecule has 1 heterocycles. The first-order valence-corrected chi connectivity index (χ1v) is 6.14. The maximum absolute atomic E-state index is 10.6. The van der Waals surface area contributed by atoms with Crippen LogP contribution in [0, 0.1) is 0 Å². The zero-order valence-corrected chi connectivity index (χ0v) is 11.1. The van der Waals surface area contributed by atoms with Crippen molar-refractivity contribution in [2.24, 2.45) is 0 Å². The van der Waals surface area contributed by atoms with Gasteiger partial charge in [0.1, 0.15) is 0 Å². The number of carbonyl (C=O) groups is 1. The van der Waals surface area contributed by atoms with Crippen molar-refractivity contribution in [1.82, 2.24) is 15.4 Å². The highest BCUT2D eigenvalue weighted by atomic mass is 16.5. The molecule has 2 N–H and O–H groups in total. The van der Waals surface area contributed by atoms with Gasteiger partial charge in [-0.3, -0.25) is 0 Å². The summed E-state index contributed by atoms with van der Waals surface area (Å²) in [6, 6.07) is 2.00. The van der Waals surface area contributed by atoms with Crippen molar-refractivity contribution in [3.05, 3.63) is 17.5 Å². The van der Waals surface area contributed by atoms with E-state index in [9.17, 15) is 4.79 Å². The first-order chi connectivity index (χ1) is 8.54. The lowest BCUT2D eigenvalue weighted by Gasteiger charge is -2.23. The van der Waals surface area contributed by atoms with Crippen LogP contribution in [0.4, 0.5) is 0 Å². The number of nitrogens with one attached hydrogen (secondary N) is 1. The molecule has 6 nitrogen and oxygen atoms in total. The van der Waals surface area contributed by atoms with Gasteiger partial charge in [0.15, 0.2) is 11.5 Å². The number of hydrogen-bond acceptors (Lipinski definition) is 5. The van der Waals surface area contributed by atoms with Crippen LogP contribution in [0.2, 0.25) is 0 Å². The number of hydrogen-bond donors (Lipinski definition) is 2. The van der Waals surface area contributed by atoms with Gasteiger partial charge in [0.2, 0.25) is 0 Å². The summed E-state index contributed by atoms with van der Waals surface area (Å²) in [6.07, 6.45) is 1.13. The molecule has 1 rings (SSSR count). The van der Waals surface area contributed by atoms with Crippen LogP contribution < -0.4 is 5.32 Å². The van der Waals surface area contributed by atoms with Crippen LogP contribution in [0.15, 0.2) is 10.6 Å². The summed E-state index contributed by atoms with van der Waals surface area (Å²) in [6.45, 7) is 6.61. The Balaban J connectivity index is 2.23. The fraction of sp³-hybridized carbons (Fsp3) is 0.667. The molecule has 1 aromatic rings. The first-order valence-electron chi connectivity index (χ1n) is 6.14. The number of carboxylic acid groups (broad SMARTS) is 1. The zero-order chi connectivity index (χ0) is 13.5. The molecule has 0 aliphatic rings. The summed E-state index contributed by atoms with van der Waals surface area (Å²) >= 11 is 0. The number of carboxylic acids is 1.